The number of likely N-dealkylation sites (tertiary alicyclic amines) is 1. The summed E-state index contributed by atoms with van der Waals surface area (Å²) in [5.41, 5.74) is 2.85. The van der Waals surface area contributed by atoms with Crippen LogP contribution in [0.5, 0.6) is 0 Å². The van der Waals surface area contributed by atoms with E-state index in [0.29, 0.717) is 16.6 Å². The van der Waals surface area contributed by atoms with Crippen LogP contribution in [0, 0.1) is 0 Å². The number of halogens is 2. The number of rotatable bonds is 13. The Morgan fingerprint density at radius 3 is 2.10 bits per heavy atom. The number of carbonyl (C=O) groups is 2. The van der Waals surface area contributed by atoms with Crippen LogP contribution in [0.2, 0.25) is 10.0 Å². The van der Waals surface area contributed by atoms with E-state index in [1.165, 1.54) is 5.56 Å². The van der Waals surface area contributed by atoms with Crippen molar-refractivity contribution in [3.63, 3.8) is 0 Å². The average molecular weight is 609 g/mol. The van der Waals surface area contributed by atoms with Crippen molar-refractivity contribution in [2.24, 2.45) is 0 Å². The number of hydrogen-bond acceptors (Lipinski definition) is 3. The molecule has 0 radical (unpaired) electrons. The van der Waals surface area contributed by atoms with Gasteiger partial charge in [-0.3, -0.25) is 9.59 Å². The highest BCUT2D eigenvalue weighted by molar-refractivity contribution is 6.42. The van der Waals surface area contributed by atoms with E-state index < -0.39 is 0 Å². The standard InChI is InChI=1S/C35H43Cl2N3O2/c1-28(41)38(2)35(31-16-8-4-9-17-31)20-25-39(26-21-35)22-10-5-11-23-40(34(42)30-14-6-3-7-15-30)24-12-13-29-18-19-32(36)33(37)27-29/h3-4,6-9,14-19,27H,5,10-13,20-26H2,1-2H3. The van der Waals surface area contributed by atoms with E-state index in [1.807, 2.05) is 71.4 Å². The van der Waals surface area contributed by atoms with Crippen LogP contribution in [0.25, 0.3) is 0 Å². The smallest absolute Gasteiger partial charge is 0.253 e. The van der Waals surface area contributed by atoms with Crippen molar-refractivity contribution in [2.45, 2.75) is 57.4 Å². The summed E-state index contributed by atoms with van der Waals surface area (Å²) in [7, 11) is 1.94. The molecule has 1 aliphatic rings. The second-order valence-electron chi connectivity index (χ2n) is 11.4. The van der Waals surface area contributed by atoms with Gasteiger partial charge in [-0.15, -0.1) is 0 Å². The van der Waals surface area contributed by atoms with Gasteiger partial charge in [-0.05, 0) is 80.5 Å². The zero-order chi connectivity index (χ0) is 30.0. The van der Waals surface area contributed by atoms with Crippen molar-refractivity contribution >= 4 is 35.0 Å². The Kier molecular flexibility index (Phi) is 11.9. The molecule has 0 aliphatic carbocycles. The Hall–Kier alpha value is -2.86. The average Bonchev–Trinajstić information content (AvgIpc) is 3.02. The molecular formula is C35H43Cl2N3O2. The molecule has 42 heavy (non-hydrogen) atoms. The maximum absolute atomic E-state index is 13.3. The van der Waals surface area contributed by atoms with Crippen molar-refractivity contribution < 1.29 is 9.59 Å². The molecule has 0 bridgehead atoms. The predicted octanol–water partition coefficient (Wildman–Crippen LogP) is 7.71. The SMILES string of the molecule is CC(=O)N(C)C1(c2ccccc2)CCN(CCCCCN(CCCc2ccc(Cl)c(Cl)c2)C(=O)c2ccccc2)CC1. The first-order valence-corrected chi connectivity index (χ1v) is 15.9. The third kappa shape index (κ3) is 8.37. The van der Waals surface area contributed by atoms with Crippen LogP contribution < -0.4 is 0 Å². The van der Waals surface area contributed by atoms with Crippen LogP contribution in [0.1, 0.15) is 66.9 Å². The number of piperidine rings is 1. The second kappa shape index (κ2) is 15.6. The molecular weight excluding hydrogens is 565 g/mol. The first-order chi connectivity index (χ1) is 20.3. The highest BCUT2D eigenvalue weighted by atomic mass is 35.5. The molecule has 3 aromatic rings. The van der Waals surface area contributed by atoms with Crippen LogP contribution in [0.4, 0.5) is 0 Å². The van der Waals surface area contributed by atoms with Crippen LogP contribution >= 0.6 is 23.2 Å². The Morgan fingerprint density at radius 1 is 0.810 bits per heavy atom. The molecule has 0 spiro atoms. The predicted molar refractivity (Wildman–Crippen MR) is 173 cm³/mol. The number of aryl methyl sites for hydroxylation is 1. The number of benzene rings is 3. The van der Waals surface area contributed by atoms with Crippen molar-refractivity contribution in [1.29, 1.82) is 0 Å². The minimum atomic E-state index is -0.237. The highest BCUT2D eigenvalue weighted by Crippen LogP contribution is 2.38. The minimum Gasteiger partial charge on any atom is -0.339 e. The van der Waals surface area contributed by atoms with Crippen LogP contribution in [0.3, 0.4) is 0 Å². The molecule has 1 aliphatic heterocycles. The van der Waals surface area contributed by atoms with Crippen LogP contribution in [0.15, 0.2) is 78.9 Å². The third-order valence-corrected chi connectivity index (χ3v) is 9.44. The van der Waals surface area contributed by atoms with Gasteiger partial charge < -0.3 is 14.7 Å². The van der Waals surface area contributed by atoms with E-state index in [9.17, 15) is 9.59 Å². The Balaban J connectivity index is 1.26. The molecule has 2 amide bonds. The van der Waals surface area contributed by atoms with Gasteiger partial charge in [0.15, 0.2) is 0 Å². The molecule has 0 saturated carbocycles. The van der Waals surface area contributed by atoms with Crippen molar-refractivity contribution in [3.05, 3.63) is 106 Å². The molecule has 224 valence electrons. The van der Waals surface area contributed by atoms with E-state index in [4.69, 9.17) is 23.2 Å². The molecule has 5 nitrogen and oxygen atoms in total. The summed E-state index contributed by atoms with van der Waals surface area (Å²) < 4.78 is 0. The van der Waals surface area contributed by atoms with Gasteiger partial charge in [0, 0.05) is 45.7 Å². The van der Waals surface area contributed by atoms with Crippen molar-refractivity contribution in [1.82, 2.24) is 14.7 Å². The van der Waals surface area contributed by atoms with Gasteiger partial charge >= 0.3 is 0 Å². The Bertz CT molecular complexity index is 1290. The quantitative estimate of drug-likeness (QED) is 0.187. The largest absolute Gasteiger partial charge is 0.339 e. The van der Waals surface area contributed by atoms with E-state index in [1.54, 1.807) is 6.92 Å². The van der Waals surface area contributed by atoms with Crippen LogP contribution in [-0.4, -0.2) is 66.3 Å². The summed E-state index contributed by atoms with van der Waals surface area (Å²) in [5, 5.41) is 1.13. The summed E-state index contributed by atoms with van der Waals surface area (Å²) in [6.07, 6.45) is 6.71. The first-order valence-electron chi connectivity index (χ1n) is 15.1. The van der Waals surface area contributed by atoms with E-state index in [-0.39, 0.29) is 17.4 Å². The lowest BCUT2D eigenvalue weighted by Gasteiger charge is -2.47. The summed E-state index contributed by atoms with van der Waals surface area (Å²) in [5.74, 6) is 0.200. The topological polar surface area (TPSA) is 43.9 Å². The summed E-state index contributed by atoms with van der Waals surface area (Å²) in [6.45, 7) is 6.09. The normalized spacial score (nSPS) is 14.9. The maximum atomic E-state index is 13.3. The van der Waals surface area contributed by atoms with E-state index in [0.717, 1.165) is 82.3 Å². The molecule has 7 heteroatoms. The van der Waals surface area contributed by atoms with Crippen molar-refractivity contribution in [2.75, 3.05) is 39.8 Å². The number of nitrogens with zero attached hydrogens (tertiary/aromatic N) is 3. The fraction of sp³-hybridized carbons (Fsp3) is 0.429. The maximum Gasteiger partial charge on any atom is 0.253 e. The monoisotopic (exact) mass is 607 g/mol. The van der Waals surface area contributed by atoms with Gasteiger partial charge in [0.1, 0.15) is 0 Å². The van der Waals surface area contributed by atoms with Crippen LogP contribution in [-0.2, 0) is 16.8 Å². The third-order valence-electron chi connectivity index (χ3n) is 8.70. The summed E-state index contributed by atoms with van der Waals surface area (Å²) >= 11 is 12.3. The van der Waals surface area contributed by atoms with Gasteiger partial charge in [-0.2, -0.15) is 0 Å². The van der Waals surface area contributed by atoms with E-state index >= 15 is 0 Å². The van der Waals surface area contributed by atoms with E-state index in [2.05, 4.69) is 29.2 Å². The Morgan fingerprint density at radius 2 is 1.45 bits per heavy atom. The molecule has 1 saturated heterocycles. The molecule has 1 heterocycles. The number of hydrogen-bond donors (Lipinski definition) is 0. The number of unbranched alkanes of at least 4 members (excludes halogenated alkanes) is 2. The highest BCUT2D eigenvalue weighted by Gasteiger charge is 2.40. The van der Waals surface area contributed by atoms with Gasteiger partial charge in [-0.1, -0.05) is 84.2 Å². The first kappa shape index (κ1) is 32.1. The molecule has 0 unspecified atom stereocenters. The van der Waals surface area contributed by atoms with Gasteiger partial charge in [0.05, 0.1) is 15.6 Å². The number of carbonyl (C=O) groups excluding carboxylic acids is 2. The molecule has 1 fully saturated rings. The summed E-state index contributed by atoms with van der Waals surface area (Å²) in [6, 6.07) is 25.8. The fourth-order valence-electron chi connectivity index (χ4n) is 6.08. The van der Waals surface area contributed by atoms with Gasteiger partial charge in [0.25, 0.3) is 5.91 Å². The van der Waals surface area contributed by atoms with Crippen molar-refractivity contribution in [3.8, 4) is 0 Å². The molecule has 3 aromatic carbocycles. The molecule has 0 N–H and O–H groups in total. The zero-order valence-electron chi connectivity index (χ0n) is 24.9. The molecule has 0 atom stereocenters. The minimum absolute atomic E-state index is 0.0904. The van der Waals surface area contributed by atoms with Gasteiger partial charge in [0.2, 0.25) is 5.91 Å². The summed E-state index contributed by atoms with van der Waals surface area (Å²) in [4.78, 5) is 32.2. The Labute approximate surface area is 261 Å². The second-order valence-corrected chi connectivity index (χ2v) is 12.2. The van der Waals surface area contributed by atoms with Gasteiger partial charge in [-0.25, -0.2) is 0 Å². The fourth-order valence-corrected chi connectivity index (χ4v) is 6.40. The lowest BCUT2D eigenvalue weighted by Crippen LogP contribution is -2.53. The lowest BCUT2D eigenvalue weighted by atomic mass is 9.79. The zero-order valence-corrected chi connectivity index (χ0v) is 26.4. The molecule has 4 rings (SSSR count). The number of amides is 2. The molecule has 0 aromatic heterocycles. The lowest BCUT2D eigenvalue weighted by molar-refractivity contribution is -0.136.